The predicted molar refractivity (Wildman–Crippen MR) is 119 cm³/mol. The van der Waals surface area contributed by atoms with Crippen LogP contribution < -0.4 is 9.62 Å². The maximum Gasteiger partial charge on any atom is 0.304 e. The number of carbonyl (C=O) groups is 1. The lowest BCUT2D eigenvalue weighted by Gasteiger charge is -2.27. The fraction of sp³-hybridized carbons (Fsp3) is 0.364. The van der Waals surface area contributed by atoms with Gasteiger partial charge in [0.25, 0.3) is 5.91 Å². The van der Waals surface area contributed by atoms with E-state index < -0.39 is 33.9 Å². The van der Waals surface area contributed by atoms with E-state index in [1.54, 1.807) is 18.3 Å². The van der Waals surface area contributed by atoms with E-state index in [2.05, 4.69) is 5.10 Å². The molecule has 9 nitrogen and oxygen atoms in total. The third-order valence-electron chi connectivity index (χ3n) is 6.34. The van der Waals surface area contributed by atoms with Gasteiger partial charge in [0.1, 0.15) is 11.6 Å². The fourth-order valence-corrected chi connectivity index (χ4v) is 5.85. The maximum absolute atomic E-state index is 14.5. The molecule has 2 atom stereocenters. The number of nitrogens with one attached hydrogen (secondary N) is 1. The Morgan fingerprint density at radius 3 is 2.74 bits per heavy atom. The van der Waals surface area contributed by atoms with E-state index in [1.807, 2.05) is 9.62 Å². The van der Waals surface area contributed by atoms with Crippen LogP contribution >= 0.6 is 0 Å². The van der Waals surface area contributed by atoms with Gasteiger partial charge >= 0.3 is 10.2 Å². The first-order valence-corrected chi connectivity index (χ1v) is 12.4. The Balaban J connectivity index is 1.44. The lowest BCUT2D eigenvalue weighted by Crippen LogP contribution is -2.42. The highest BCUT2D eigenvalue weighted by Gasteiger charge is 2.33. The Morgan fingerprint density at radius 2 is 1.97 bits per heavy atom. The molecule has 2 N–H and O–H groups in total. The van der Waals surface area contributed by atoms with Gasteiger partial charge in [0.05, 0.1) is 29.4 Å². The van der Waals surface area contributed by atoms with E-state index >= 15 is 0 Å². The van der Waals surface area contributed by atoms with Crippen LogP contribution in [-0.4, -0.2) is 59.1 Å². The summed E-state index contributed by atoms with van der Waals surface area (Å²) in [4.78, 5) is 14.8. The second kappa shape index (κ2) is 8.60. The summed E-state index contributed by atoms with van der Waals surface area (Å²) in [6, 6.07) is 6.47. The van der Waals surface area contributed by atoms with E-state index in [0.717, 1.165) is 22.9 Å². The zero-order chi connectivity index (χ0) is 24.0. The van der Waals surface area contributed by atoms with Crippen molar-refractivity contribution in [2.75, 3.05) is 24.5 Å². The summed E-state index contributed by atoms with van der Waals surface area (Å²) >= 11 is 0. The molecule has 0 saturated carbocycles. The summed E-state index contributed by atoms with van der Waals surface area (Å²) in [5.74, 6) is -1.84. The van der Waals surface area contributed by atoms with Crippen molar-refractivity contribution in [2.45, 2.75) is 31.4 Å². The first kappa shape index (κ1) is 22.7. The molecular weight excluding hydrogens is 468 g/mol. The molecule has 5 rings (SSSR count). The summed E-state index contributed by atoms with van der Waals surface area (Å²) in [5, 5.41) is 13.7. The van der Waals surface area contributed by atoms with Crippen LogP contribution in [0.1, 0.15) is 41.2 Å². The molecule has 1 aromatic carbocycles. The number of aromatic nitrogens is 2. The smallest absolute Gasteiger partial charge is 0.304 e. The number of aliphatic hydroxyl groups excluding tert-OH is 1. The normalized spacial score (nSPS) is 21.4. The molecule has 0 aliphatic carbocycles. The van der Waals surface area contributed by atoms with E-state index in [0.29, 0.717) is 30.6 Å². The van der Waals surface area contributed by atoms with E-state index in [1.165, 1.54) is 16.8 Å². The number of fused-ring (bicyclic) bond motifs is 1. The predicted octanol–water partition coefficient (Wildman–Crippen LogP) is 2.00. The van der Waals surface area contributed by atoms with Crippen LogP contribution in [0.15, 0.2) is 42.7 Å². The highest BCUT2D eigenvalue weighted by Crippen LogP contribution is 2.38. The minimum absolute atomic E-state index is 0.0536. The lowest BCUT2D eigenvalue weighted by atomic mass is 10.0. The maximum atomic E-state index is 14.5. The molecule has 2 unspecified atom stereocenters. The molecule has 2 saturated heterocycles. The number of carbonyl (C=O) groups excluding carboxylic acids is 1. The molecule has 2 fully saturated rings. The van der Waals surface area contributed by atoms with E-state index in [4.69, 9.17) is 0 Å². The summed E-state index contributed by atoms with van der Waals surface area (Å²) in [5.41, 5.74) is 1.37. The molecule has 0 radical (unpaired) electrons. The molecule has 0 bridgehead atoms. The molecule has 12 heteroatoms. The fourth-order valence-electron chi connectivity index (χ4n) is 4.66. The second-order valence-electron chi connectivity index (χ2n) is 8.53. The van der Waals surface area contributed by atoms with Crippen LogP contribution in [0.4, 0.5) is 14.5 Å². The molecule has 34 heavy (non-hydrogen) atoms. The van der Waals surface area contributed by atoms with Gasteiger partial charge in [-0.25, -0.2) is 18.0 Å². The number of aliphatic hydroxyl groups is 1. The molecule has 180 valence electrons. The molecule has 4 heterocycles. The average molecular weight is 492 g/mol. The van der Waals surface area contributed by atoms with Crippen LogP contribution in [0.25, 0.3) is 5.52 Å². The quantitative estimate of drug-likeness (QED) is 0.566. The minimum atomic E-state index is -4.12. The Morgan fingerprint density at radius 1 is 1.15 bits per heavy atom. The van der Waals surface area contributed by atoms with Crippen molar-refractivity contribution in [3.05, 3.63) is 65.5 Å². The van der Waals surface area contributed by atoms with Crippen LogP contribution in [0.2, 0.25) is 0 Å². The first-order chi connectivity index (χ1) is 16.2. The largest absolute Gasteiger partial charge is 0.392 e. The Hall–Kier alpha value is -3.09. The van der Waals surface area contributed by atoms with Crippen molar-refractivity contribution < 1.29 is 27.1 Å². The van der Waals surface area contributed by atoms with Crippen molar-refractivity contribution in [2.24, 2.45) is 0 Å². The van der Waals surface area contributed by atoms with Gasteiger partial charge in [-0.05, 0) is 49.6 Å². The van der Waals surface area contributed by atoms with Gasteiger partial charge in [-0.1, -0.05) is 0 Å². The van der Waals surface area contributed by atoms with Crippen molar-refractivity contribution in [1.82, 2.24) is 18.6 Å². The number of nitrogens with zero attached hydrogens (tertiary/aromatic N) is 4. The lowest BCUT2D eigenvalue weighted by molar-refractivity contribution is 0.0980. The first-order valence-electron chi connectivity index (χ1n) is 10.9. The molecule has 2 aliphatic heterocycles. The zero-order valence-electron chi connectivity index (χ0n) is 18.1. The number of amides is 1. The van der Waals surface area contributed by atoms with Gasteiger partial charge in [0.15, 0.2) is 0 Å². The van der Waals surface area contributed by atoms with Gasteiger partial charge in [-0.3, -0.25) is 4.79 Å². The number of hydrogen-bond acceptors (Lipinski definition) is 6. The number of hydrogen-bond donors (Lipinski definition) is 2. The van der Waals surface area contributed by atoms with Crippen LogP contribution in [0.3, 0.4) is 0 Å². The molecule has 3 aromatic rings. The number of rotatable bonds is 5. The van der Waals surface area contributed by atoms with Gasteiger partial charge in [0, 0.05) is 37.1 Å². The van der Waals surface area contributed by atoms with Crippen molar-refractivity contribution in [1.29, 1.82) is 0 Å². The Labute approximate surface area is 194 Å². The zero-order valence-corrected chi connectivity index (χ0v) is 18.9. The summed E-state index contributed by atoms with van der Waals surface area (Å²) < 4.78 is 57.8. The molecule has 0 spiro atoms. The highest BCUT2D eigenvalue weighted by molar-refractivity contribution is 7.87. The molecule has 2 aliphatic rings. The van der Waals surface area contributed by atoms with Gasteiger partial charge in [-0.15, -0.1) is 0 Å². The van der Waals surface area contributed by atoms with Crippen molar-refractivity contribution in [3.8, 4) is 0 Å². The summed E-state index contributed by atoms with van der Waals surface area (Å²) in [6.45, 7) is 0.655. The van der Waals surface area contributed by atoms with Gasteiger partial charge in [0.2, 0.25) is 0 Å². The SMILES string of the molecule is O=C(NS(=O)(=O)N1CCC(O)C1)c1cnn2ccc(N3CCCC3c3cc(F)ccc3F)cc12. The highest BCUT2D eigenvalue weighted by atomic mass is 32.2. The van der Waals surface area contributed by atoms with E-state index in [9.17, 15) is 27.1 Å². The van der Waals surface area contributed by atoms with E-state index in [-0.39, 0.29) is 30.3 Å². The number of pyridine rings is 1. The van der Waals surface area contributed by atoms with Crippen molar-refractivity contribution in [3.63, 3.8) is 0 Å². The van der Waals surface area contributed by atoms with Crippen molar-refractivity contribution >= 4 is 27.3 Å². The topological polar surface area (TPSA) is 107 Å². The molecular formula is C22H23F2N5O4S. The third kappa shape index (κ3) is 4.12. The number of β-amino-alcohol motifs (C(OH)–C–C–N with tert-alkyl or cyclic N) is 1. The van der Waals surface area contributed by atoms with Crippen LogP contribution in [0, 0.1) is 11.6 Å². The Kier molecular flexibility index (Phi) is 5.74. The molecule has 1 amide bonds. The van der Waals surface area contributed by atoms with Crippen LogP contribution in [-0.2, 0) is 10.2 Å². The molecule has 2 aromatic heterocycles. The average Bonchev–Trinajstić information content (AvgIpc) is 3.53. The monoisotopic (exact) mass is 491 g/mol. The second-order valence-corrected chi connectivity index (χ2v) is 10.2. The van der Waals surface area contributed by atoms with Gasteiger partial charge < -0.3 is 10.0 Å². The van der Waals surface area contributed by atoms with Crippen LogP contribution in [0.5, 0.6) is 0 Å². The minimum Gasteiger partial charge on any atom is -0.392 e. The summed E-state index contributed by atoms with van der Waals surface area (Å²) in [6.07, 6.45) is 3.86. The standard InChI is InChI=1S/C22H23F2N5O4S/c23-14-3-4-19(24)17(10-14)20-2-1-7-28(20)15-5-9-29-21(11-15)18(12-25-29)22(31)26-34(32,33)27-8-6-16(30)13-27/h3-5,9-12,16,20,30H,1-2,6-8,13H2,(H,26,31). The number of anilines is 1. The number of halogens is 2. The number of benzene rings is 1. The van der Waals surface area contributed by atoms with Gasteiger partial charge in [-0.2, -0.15) is 17.8 Å². The third-order valence-corrected chi connectivity index (χ3v) is 7.79. The Bertz CT molecular complexity index is 1360. The summed E-state index contributed by atoms with van der Waals surface area (Å²) in [7, 11) is -4.12.